The molecular formula is C16H30N2O4S. The van der Waals surface area contributed by atoms with E-state index in [1.807, 2.05) is 11.8 Å². The molecule has 134 valence electrons. The lowest BCUT2D eigenvalue weighted by Crippen LogP contribution is -2.55. The van der Waals surface area contributed by atoms with Crippen LogP contribution in [0.5, 0.6) is 0 Å². The van der Waals surface area contributed by atoms with Crippen molar-refractivity contribution in [2.24, 2.45) is 5.92 Å². The second-order valence-corrected chi connectivity index (χ2v) is 8.88. The van der Waals surface area contributed by atoms with Crippen molar-refractivity contribution in [2.45, 2.75) is 70.4 Å². The first-order valence-electron chi connectivity index (χ1n) is 8.85. The fourth-order valence-electron chi connectivity index (χ4n) is 3.77. The van der Waals surface area contributed by atoms with E-state index in [-0.39, 0.29) is 24.4 Å². The topological polar surface area (TPSA) is 86.7 Å². The predicted octanol–water partition coefficient (Wildman–Crippen LogP) is 1.81. The molecule has 2 N–H and O–H groups in total. The Kier molecular flexibility index (Phi) is 6.85. The summed E-state index contributed by atoms with van der Waals surface area (Å²) in [5.41, 5.74) is 0. The molecule has 0 heterocycles. The van der Waals surface area contributed by atoms with E-state index in [0.29, 0.717) is 25.3 Å². The van der Waals surface area contributed by atoms with Gasteiger partial charge in [-0.1, -0.05) is 39.0 Å². The van der Waals surface area contributed by atoms with Crippen molar-refractivity contribution >= 4 is 16.0 Å². The Morgan fingerprint density at radius 2 is 1.87 bits per heavy atom. The third kappa shape index (κ3) is 6.04. The monoisotopic (exact) mass is 346 g/mol. The average molecular weight is 346 g/mol. The zero-order valence-corrected chi connectivity index (χ0v) is 14.9. The van der Waals surface area contributed by atoms with Crippen LogP contribution in [0.15, 0.2) is 0 Å². The summed E-state index contributed by atoms with van der Waals surface area (Å²) >= 11 is 0. The van der Waals surface area contributed by atoms with Crippen LogP contribution < -0.4 is 4.72 Å². The second-order valence-electron chi connectivity index (χ2n) is 7.01. The number of sulfonamides is 1. The summed E-state index contributed by atoms with van der Waals surface area (Å²) in [6.07, 6.45) is 8.29. The van der Waals surface area contributed by atoms with Crippen molar-refractivity contribution in [3.8, 4) is 0 Å². The maximum Gasteiger partial charge on any atom is 0.317 e. The number of carboxylic acids is 1. The highest BCUT2D eigenvalue weighted by molar-refractivity contribution is 7.89. The Morgan fingerprint density at radius 3 is 2.43 bits per heavy atom. The molecule has 7 heteroatoms. The molecule has 0 aromatic carbocycles. The molecule has 0 saturated heterocycles. The number of hydrogen-bond donors (Lipinski definition) is 2. The molecule has 0 radical (unpaired) electrons. The third-order valence-corrected chi connectivity index (χ3v) is 6.71. The predicted molar refractivity (Wildman–Crippen MR) is 89.8 cm³/mol. The number of hydrogen-bond acceptors (Lipinski definition) is 4. The fourth-order valence-corrected chi connectivity index (χ4v) is 5.23. The Morgan fingerprint density at radius 1 is 1.22 bits per heavy atom. The molecule has 0 aromatic heterocycles. The summed E-state index contributed by atoms with van der Waals surface area (Å²) < 4.78 is 27.2. The van der Waals surface area contributed by atoms with E-state index in [4.69, 9.17) is 5.11 Å². The standard InChI is InChI=1S/C16H30N2O4S/c1-2-18(12-16(19)20)15-10-14(11-15)17-23(21,22)9-8-13-6-4-3-5-7-13/h13-15,17H,2-12H2,1H3,(H,19,20). The minimum Gasteiger partial charge on any atom is -0.480 e. The number of nitrogens with zero attached hydrogens (tertiary/aromatic N) is 1. The average Bonchev–Trinajstić information content (AvgIpc) is 2.47. The Balaban J connectivity index is 1.69. The number of aliphatic carboxylic acids is 1. The summed E-state index contributed by atoms with van der Waals surface area (Å²) in [6.45, 7) is 2.64. The highest BCUT2D eigenvalue weighted by Gasteiger charge is 2.36. The molecule has 2 saturated carbocycles. The Labute approximate surface area is 139 Å². The molecule has 0 unspecified atom stereocenters. The summed E-state index contributed by atoms with van der Waals surface area (Å²) in [6, 6.07) is 0.154. The van der Waals surface area contributed by atoms with E-state index in [1.165, 1.54) is 32.1 Å². The molecule has 0 spiro atoms. The van der Waals surface area contributed by atoms with Gasteiger partial charge in [0.25, 0.3) is 0 Å². The summed E-state index contributed by atoms with van der Waals surface area (Å²) in [7, 11) is -3.20. The minimum absolute atomic E-state index is 0.0285. The molecule has 2 aliphatic carbocycles. The first kappa shape index (κ1) is 18.7. The lowest BCUT2D eigenvalue weighted by atomic mass is 9.86. The number of carbonyl (C=O) groups is 1. The Hall–Kier alpha value is -0.660. The van der Waals surface area contributed by atoms with Gasteiger partial charge in [0.1, 0.15) is 0 Å². The molecule has 0 bridgehead atoms. The molecule has 0 aliphatic heterocycles. The quantitative estimate of drug-likeness (QED) is 0.665. The third-order valence-electron chi connectivity index (χ3n) is 5.24. The van der Waals surface area contributed by atoms with Gasteiger partial charge < -0.3 is 5.11 Å². The smallest absolute Gasteiger partial charge is 0.317 e. The molecule has 0 aromatic rings. The molecule has 23 heavy (non-hydrogen) atoms. The van der Waals surface area contributed by atoms with Gasteiger partial charge in [-0.15, -0.1) is 0 Å². The van der Waals surface area contributed by atoms with Crippen LogP contribution in [0.4, 0.5) is 0 Å². The van der Waals surface area contributed by atoms with E-state index in [1.54, 1.807) is 0 Å². The van der Waals surface area contributed by atoms with Gasteiger partial charge in [-0.3, -0.25) is 9.69 Å². The Bertz CT molecular complexity index is 482. The van der Waals surface area contributed by atoms with E-state index >= 15 is 0 Å². The molecule has 2 fully saturated rings. The summed E-state index contributed by atoms with van der Waals surface area (Å²) in [5, 5.41) is 8.88. The molecule has 6 nitrogen and oxygen atoms in total. The van der Waals surface area contributed by atoms with E-state index in [2.05, 4.69) is 4.72 Å². The lowest BCUT2D eigenvalue weighted by Gasteiger charge is -2.42. The highest BCUT2D eigenvalue weighted by atomic mass is 32.2. The van der Waals surface area contributed by atoms with Crippen molar-refractivity contribution in [3.05, 3.63) is 0 Å². The van der Waals surface area contributed by atoms with Gasteiger partial charge in [0.15, 0.2) is 0 Å². The number of carboxylic acid groups (broad SMARTS) is 1. The van der Waals surface area contributed by atoms with Crippen LogP contribution in [0.25, 0.3) is 0 Å². The largest absolute Gasteiger partial charge is 0.480 e. The van der Waals surface area contributed by atoms with Crippen molar-refractivity contribution in [1.82, 2.24) is 9.62 Å². The van der Waals surface area contributed by atoms with Gasteiger partial charge in [0, 0.05) is 12.1 Å². The van der Waals surface area contributed by atoms with Crippen LogP contribution in [0.1, 0.15) is 58.3 Å². The van der Waals surface area contributed by atoms with Crippen LogP contribution >= 0.6 is 0 Å². The van der Waals surface area contributed by atoms with Gasteiger partial charge in [0.2, 0.25) is 10.0 Å². The first-order chi connectivity index (χ1) is 10.9. The van der Waals surface area contributed by atoms with Crippen LogP contribution in [0.3, 0.4) is 0 Å². The maximum atomic E-state index is 12.2. The van der Waals surface area contributed by atoms with Gasteiger partial charge in [-0.25, -0.2) is 13.1 Å². The summed E-state index contributed by atoms with van der Waals surface area (Å²) in [5.74, 6) is -0.0326. The number of likely N-dealkylation sites (N-methyl/N-ethyl adjacent to an activating group) is 1. The fraction of sp³-hybridized carbons (Fsp3) is 0.938. The van der Waals surface area contributed by atoms with Gasteiger partial charge in [-0.05, 0) is 31.7 Å². The maximum absolute atomic E-state index is 12.2. The zero-order chi connectivity index (χ0) is 16.9. The highest BCUT2D eigenvalue weighted by Crippen LogP contribution is 2.28. The van der Waals surface area contributed by atoms with Crippen molar-refractivity contribution < 1.29 is 18.3 Å². The zero-order valence-electron chi connectivity index (χ0n) is 14.0. The van der Waals surface area contributed by atoms with Crippen LogP contribution in [-0.2, 0) is 14.8 Å². The second kappa shape index (κ2) is 8.44. The molecule has 0 atom stereocenters. The number of rotatable bonds is 9. The minimum atomic E-state index is -3.20. The van der Waals surface area contributed by atoms with Crippen molar-refractivity contribution in [2.75, 3.05) is 18.8 Å². The van der Waals surface area contributed by atoms with Crippen molar-refractivity contribution in [1.29, 1.82) is 0 Å². The molecular weight excluding hydrogens is 316 g/mol. The van der Waals surface area contributed by atoms with E-state index < -0.39 is 16.0 Å². The SMILES string of the molecule is CCN(CC(=O)O)C1CC(NS(=O)(=O)CCC2CCCCC2)C1. The normalized spacial score (nSPS) is 26.2. The molecule has 0 amide bonds. The van der Waals surface area contributed by atoms with E-state index in [9.17, 15) is 13.2 Å². The lowest BCUT2D eigenvalue weighted by molar-refractivity contribution is -0.139. The first-order valence-corrected chi connectivity index (χ1v) is 10.5. The van der Waals surface area contributed by atoms with Crippen LogP contribution in [0.2, 0.25) is 0 Å². The van der Waals surface area contributed by atoms with Crippen LogP contribution in [-0.4, -0.2) is 55.3 Å². The van der Waals surface area contributed by atoms with E-state index in [0.717, 1.165) is 6.42 Å². The molecule has 2 rings (SSSR count). The van der Waals surface area contributed by atoms with Crippen molar-refractivity contribution in [3.63, 3.8) is 0 Å². The summed E-state index contributed by atoms with van der Waals surface area (Å²) in [4.78, 5) is 12.7. The van der Waals surface area contributed by atoms with Crippen LogP contribution in [0, 0.1) is 5.92 Å². The van der Waals surface area contributed by atoms with Gasteiger partial charge in [-0.2, -0.15) is 0 Å². The van der Waals surface area contributed by atoms with Gasteiger partial charge in [0.05, 0.1) is 12.3 Å². The number of nitrogens with one attached hydrogen (secondary N) is 1. The molecule has 2 aliphatic rings. The van der Waals surface area contributed by atoms with Gasteiger partial charge >= 0.3 is 5.97 Å².